The normalized spacial score (nSPS) is 11.8. The van der Waals surface area contributed by atoms with Crippen LogP contribution in [-0.4, -0.2) is 31.2 Å². The maximum atomic E-state index is 13.0. The van der Waals surface area contributed by atoms with E-state index in [4.69, 9.17) is 9.47 Å². The van der Waals surface area contributed by atoms with Crippen molar-refractivity contribution in [3.63, 3.8) is 0 Å². The number of hydrogen-bond donors (Lipinski definition) is 1. The first-order valence-electron chi connectivity index (χ1n) is 12.0. The van der Waals surface area contributed by atoms with Crippen LogP contribution in [0.2, 0.25) is 0 Å². The van der Waals surface area contributed by atoms with Gasteiger partial charge in [-0.25, -0.2) is 0 Å². The van der Waals surface area contributed by atoms with Crippen molar-refractivity contribution >= 4 is 5.91 Å². The number of pyridine rings is 1. The van der Waals surface area contributed by atoms with Gasteiger partial charge in [0.05, 0.1) is 14.2 Å². The van der Waals surface area contributed by atoms with Crippen molar-refractivity contribution in [2.24, 2.45) is 5.92 Å². The molecule has 0 saturated carbocycles. The zero-order chi connectivity index (χ0) is 24.5. The summed E-state index contributed by atoms with van der Waals surface area (Å²) in [5, 5.41) is 3.16. The van der Waals surface area contributed by atoms with Crippen LogP contribution in [0.3, 0.4) is 0 Å². The van der Waals surface area contributed by atoms with Crippen LogP contribution in [0.25, 0.3) is 11.1 Å². The SMILES string of the molecule is COc1ccc(-c2ccc(C(=O)NC(C)CCCc3cccnc3)cc2CC(C)C)cc1OC. The van der Waals surface area contributed by atoms with Gasteiger partial charge in [0.15, 0.2) is 11.5 Å². The number of methoxy groups -OCH3 is 2. The van der Waals surface area contributed by atoms with Gasteiger partial charge in [0.1, 0.15) is 0 Å². The Hall–Kier alpha value is -3.34. The highest BCUT2D eigenvalue weighted by Gasteiger charge is 2.15. The van der Waals surface area contributed by atoms with Gasteiger partial charge in [0.2, 0.25) is 0 Å². The first-order chi connectivity index (χ1) is 16.4. The van der Waals surface area contributed by atoms with Crippen molar-refractivity contribution < 1.29 is 14.3 Å². The van der Waals surface area contributed by atoms with E-state index in [0.717, 1.165) is 42.4 Å². The molecule has 0 aliphatic rings. The smallest absolute Gasteiger partial charge is 0.251 e. The Labute approximate surface area is 203 Å². The molecule has 1 heterocycles. The van der Waals surface area contributed by atoms with Crippen LogP contribution in [-0.2, 0) is 12.8 Å². The molecule has 0 radical (unpaired) electrons. The van der Waals surface area contributed by atoms with E-state index in [2.05, 4.69) is 37.1 Å². The topological polar surface area (TPSA) is 60.5 Å². The fraction of sp³-hybridized carbons (Fsp3) is 0.379. The van der Waals surface area contributed by atoms with Gasteiger partial charge in [-0.05, 0) is 91.1 Å². The summed E-state index contributed by atoms with van der Waals surface area (Å²) in [5.74, 6) is 1.82. The van der Waals surface area contributed by atoms with E-state index in [1.165, 1.54) is 5.56 Å². The van der Waals surface area contributed by atoms with Crippen molar-refractivity contribution in [3.05, 3.63) is 77.6 Å². The number of aryl methyl sites for hydroxylation is 1. The van der Waals surface area contributed by atoms with Crippen LogP contribution in [0.1, 0.15) is 55.1 Å². The molecule has 0 aliphatic heterocycles. The number of amides is 1. The van der Waals surface area contributed by atoms with E-state index >= 15 is 0 Å². The quantitative estimate of drug-likeness (QED) is 0.375. The number of benzene rings is 2. The largest absolute Gasteiger partial charge is 0.493 e. The molecule has 1 N–H and O–H groups in total. The van der Waals surface area contributed by atoms with Gasteiger partial charge < -0.3 is 14.8 Å². The Kier molecular flexibility index (Phi) is 9.08. The van der Waals surface area contributed by atoms with Gasteiger partial charge >= 0.3 is 0 Å². The summed E-state index contributed by atoms with van der Waals surface area (Å²) in [5.41, 5.74) is 5.22. The third-order valence-electron chi connectivity index (χ3n) is 5.89. The summed E-state index contributed by atoms with van der Waals surface area (Å²) >= 11 is 0. The highest BCUT2D eigenvalue weighted by atomic mass is 16.5. The number of hydrogen-bond acceptors (Lipinski definition) is 4. The lowest BCUT2D eigenvalue weighted by Crippen LogP contribution is -2.32. The standard InChI is InChI=1S/C29H36N2O3/c1-20(2)16-25-17-24(11-13-26(25)23-12-14-27(33-4)28(18-23)34-5)29(32)31-21(3)8-6-9-22-10-7-15-30-19-22/h7,10-15,17-21H,6,8-9,16H2,1-5H3,(H,31,32). The molecule has 0 spiro atoms. The summed E-state index contributed by atoms with van der Waals surface area (Å²) in [4.78, 5) is 17.2. The third-order valence-corrected chi connectivity index (χ3v) is 5.89. The molecule has 0 saturated heterocycles. The lowest BCUT2D eigenvalue weighted by atomic mass is 9.91. The minimum Gasteiger partial charge on any atom is -0.493 e. The second-order valence-corrected chi connectivity index (χ2v) is 9.17. The number of nitrogens with zero attached hydrogens (tertiary/aromatic N) is 1. The minimum absolute atomic E-state index is 0.0299. The van der Waals surface area contributed by atoms with Crippen molar-refractivity contribution in [1.82, 2.24) is 10.3 Å². The predicted octanol–water partition coefficient (Wildman–Crippen LogP) is 6.11. The van der Waals surface area contributed by atoms with Gasteiger partial charge in [-0.15, -0.1) is 0 Å². The van der Waals surface area contributed by atoms with Gasteiger partial charge in [-0.1, -0.05) is 32.0 Å². The molecule has 1 aromatic heterocycles. The molecule has 3 rings (SSSR count). The zero-order valence-electron chi connectivity index (χ0n) is 20.9. The maximum absolute atomic E-state index is 13.0. The van der Waals surface area contributed by atoms with Gasteiger partial charge in [-0.3, -0.25) is 9.78 Å². The number of aromatic nitrogens is 1. The molecule has 180 valence electrons. The van der Waals surface area contributed by atoms with Crippen molar-refractivity contribution in [3.8, 4) is 22.6 Å². The predicted molar refractivity (Wildman–Crippen MR) is 138 cm³/mol. The number of carbonyl (C=O) groups excluding carboxylic acids is 1. The molecule has 0 aliphatic carbocycles. The lowest BCUT2D eigenvalue weighted by molar-refractivity contribution is 0.0938. The molecule has 34 heavy (non-hydrogen) atoms. The minimum atomic E-state index is -0.0299. The number of nitrogens with one attached hydrogen (secondary N) is 1. The highest BCUT2D eigenvalue weighted by molar-refractivity contribution is 5.95. The van der Waals surface area contributed by atoms with Crippen LogP contribution in [0.4, 0.5) is 0 Å². The van der Waals surface area contributed by atoms with E-state index in [0.29, 0.717) is 23.0 Å². The third kappa shape index (κ3) is 6.83. The van der Waals surface area contributed by atoms with Crippen molar-refractivity contribution in [1.29, 1.82) is 0 Å². The molecule has 1 atom stereocenters. The Morgan fingerprint density at radius 2 is 1.79 bits per heavy atom. The van der Waals surface area contributed by atoms with Crippen LogP contribution in [0.5, 0.6) is 11.5 Å². The maximum Gasteiger partial charge on any atom is 0.251 e. The molecule has 3 aromatic rings. The fourth-order valence-electron chi connectivity index (χ4n) is 4.17. The van der Waals surface area contributed by atoms with Gasteiger partial charge in [-0.2, -0.15) is 0 Å². The van der Waals surface area contributed by atoms with E-state index in [9.17, 15) is 4.79 Å². The van der Waals surface area contributed by atoms with E-state index in [1.807, 2.05) is 48.7 Å². The summed E-state index contributed by atoms with van der Waals surface area (Å²) < 4.78 is 10.9. The molecule has 5 nitrogen and oxygen atoms in total. The van der Waals surface area contributed by atoms with E-state index in [1.54, 1.807) is 20.4 Å². The zero-order valence-corrected chi connectivity index (χ0v) is 20.9. The van der Waals surface area contributed by atoms with Crippen molar-refractivity contribution in [2.75, 3.05) is 14.2 Å². The molecule has 0 bridgehead atoms. The Morgan fingerprint density at radius 3 is 2.47 bits per heavy atom. The summed E-state index contributed by atoms with van der Waals surface area (Å²) in [6.45, 7) is 6.44. The molecular formula is C29H36N2O3. The van der Waals surface area contributed by atoms with Gasteiger partial charge in [0, 0.05) is 24.0 Å². The molecule has 0 fully saturated rings. The Bertz CT molecular complexity index is 1080. The molecule has 1 unspecified atom stereocenters. The molecule has 1 amide bonds. The molecule has 5 heteroatoms. The van der Waals surface area contributed by atoms with Crippen molar-refractivity contribution in [2.45, 2.75) is 52.5 Å². The fourth-order valence-corrected chi connectivity index (χ4v) is 4.17. The number of rotatable bonds is 11. The summed E-state index contributed by atoms with van der Waals surface area (Å²) in [7, 11) is 3.27. The highest BCUT2D eigenvalue weighted by Crippen LogP contribution is 2.34. The van der Waals surface area contributed by atoms with Gasteiger partial charge in [0.25, 0.3) is 5.91 Å². The second-order valence-electron chi connectivity index (χ2n) is 9.17. The average Bonchev–Trinajstić information content (AvgIpc) is 2.83. The Balaban J connectivity index is 1.72. The van der Waals surface area contributed by atoms with Crippen LogP contribution in [0.15, 0.2) is 60.9 Å². The van der Waals surface area contributed by atoms with Crippen LogP contribution < -0.4 is 14.8 Å². The monoisotopic (exact) mass is 460 g/mol. The summed E-state index contributed by atoms with van der Waals surface area (Å²) in [6, 6.07) is 16.1. The van der Waals surface area contributed by atoms with Crippen LogP contribution >= 0.6 is 0 Å². The average molecular weight is 461 g/mol. The lowest BCUT2D eigenvalue weighted by Gasteiger charge is -2.17. The van der Waals surface area contributed by atoms with Crippen LogP contribution in [0, 0.1) is 5.92 Å². The molecule has 2 aromatic carbocycles. The second kappa shape index (κ2) is 12.2. The molecular weight excluding hydrogens is 424 g/mol. The number of ether oxygens (including phenoxy) is 2. The summed E-state index contributed by atoms with van der Waals surface area (Å²) in [6.07, 6.45) is 7.46. The Morgan fingerprint density at radius 1 is 1.00 bits per heavy atom. The first-order valence-corrected chi connectivity index (χ1v) is 12.0. The first kappa shape index (κ1) is 25.3. The van der Waals surface area contributed by atoms with E-state index < -0.39 is 0 Å². The van der Waals surface area contributed by atoms with E-state index in [-0.39, 0.29) is 11.9 Å². The number of carbonyl (C=O) groups is 1.